The van der Waals surface area contributed by atoms with E-state index in [4.69, 9.17) is 4.42 Å². The molecule has 0 spiro atoms. The molecular formula is C18H25N3O. The van der Waals surface area contributed by atoms with Crippen molar-refractivity contribution in [3.8, 4) is 0 Å². The van der Waals surface area contributed by atoms with Crippen molar-refractivity contribution < 1.29 is 4.42 Å². The molecule has 0 saturated heterocycles. The number of guanidine groups is 1. The van der Waals surface area contributed by atoms with Crippen molar-refractivity contribution >= 4 is 5.96 Å². The van der Waals surface area contributed by atoms with E-state index in [0.717, 1.165) is 36.1 Å². The summed E-state index contributed by atoms with van der Waals surface area (Å²) < 4.78 is 5.54. The van der Waals surface area contributed by atoms with Gasteiger partial charge in [-0.1, -0.05) is 24.3 Å². The Bertz CT molecular complexity index is 644. The number of rotatable bonds is 5. The topological polar surface area (TPSA) is 49.6 Å². The zero-order valence-electron chi connectivity index (χ0n) is 13.9. The van der Waals surface area contributed by atoms with Crippen LogP contribution in [0.25, 0.3) is 0 Å². The van der Waals surface area contributed by atoms with Crippen LogP contribution in [0.2, 0.25) is 0 Å². The van der Waals surface area contributed by atoms with Crippen molar-refractivity contribution in [2.45, 2.75) is 40.8 Å². The lowest BCUT2D eigenvalue weighted by molar-refractivity contribution is 0.501. The molecule has 2 N–H and O–H groups in total. The van der Waals surface area contributed by atoms with Gasteiger partial charge in [-0.25, -0.2) is 4.99 Å². The maximum absolute atomic E-state index is 5.54. The Morgan fingerprint density at radius 3 is 2.50 bits per heavy atom. The third-order valence-corrected chi connectivity index (χ3v) is 3.60. The molecule has 2 rings (SSSR count). The summed E-state index contributed by atoms with van der Waals surface area (Å²) >= 11 is 0. The minimum atomic E-state index is 0.617. The van der Waals surface area contributed by atoms with Crippen LogP contribution in [0.5, 0.6) is 0 Å². The van der Waals surface area contributed by atoms with E-state index >= 15 is 0 Å². The van der Waals surface area contributed by atoms with Crippen LogP contribution < -0.4 is 10.6 Å². The van der Waals surface area contributed by atoms with Crippen molar-refractivity contribution in [1.29, 1.82) is 0 Å². The summed E-state index contributed by atoms with van der Waals surface area (Å²) in [7, 11) is 0. The zero-order valence-corrected chi connectivity index (χ0v) is 13.9. The van der Waals surface area contributed by atoms with E-state index in [0.29, 0.717) is 6.54 Å². The molecule has 0 aliphatic carbocycles. The lowest BCUT2D eigenvalue weighted by atomic mass is 10.1. The molecule has 0 fully saturated rings. The van der Waals surface area contributed by atoms with Gasteiger partial charge < -0.3 is 15.1 Å². The third kappa shape index (κ3) is 4.38. The van der Waals surface area contributed by atoms with Gasteiger partial charge in [0, 0.05) is 18.7 Å². The highest BCUT2D eigenvalue weighted by molar-refractivity contribution is 5.79. The van der Waals surface area contributed by atoms with Gasteiger partial charge in [-0.05, 0) is 44.9 Å². The van der Waals surface area contributed by atoms with E-state index in [1.807, 2.05) is 19.9 Å². The highest BCUT2D eigenvalue weighted by Gasteiger charge is 2.05. The maximum Gasteiger partial charge on any atom is 0.191 e. The Labute approximate surface area is 132 Å². The summed E-state index contributed by atoms with van der Waals surface area (Å²) in [5, 5.41) is 6.66. The first-order valence-electron chi connectivity index (χ1n) is 7.72. The van der Waals surface area contributed by atoms with E-state index in [2.05, 4.69) is 53.7 Å². The van der Waals surface area contributed by atoms with Gasteiger partial charge in [-0.15, -0.1) is 0 Å². The number of hydrogen-bond acceptors (Lipinski definition) is 2. The molecule has 2 aromatic rings. The molecule has 1 aromatic carbocycles. The molecule has 118 valence electrons. The van der Waals surface area contributed by atoms with Crippen LogP contribution in [0.3, 0.4) is 0 Å². The Morgan fingerprint density at radius 1 is 1.09 bits per heavy atom. The average molecular weight is 299 g/mol. The van der Waals surface area contributed by atoms with Crippen molar-refractivity contribution in [1.82, 2.24) is 10.6 Å². The Kier molecular flexibility index (Phi) is 5.64. The fraction of sp³-hybridized carbons (Fsp3) is 0.389. The molecule has 4 nitrogen and oxygen atoms in total. The molecule has 0 saturated carbocycles. The maximum atomic E-state index is 5.54. The van der Waals surface area contributed by atoms with Gasteiger partial charge in [-0.2, -0.15) is 0 Å². The molecule has 22 heavy (non-hydrogen) atoms. The fourth-order valence-corrected chi connectivity index (χ4v) is 2.33. The number of furan rings is 1. The first-order chi connectivity index (χ1) is 10.6. The summed E-state index contributed by atoms with van der Waals surface area (Å²) in [6, 6.07) is 10.4. The van der Waals surface area contributed by atoms with Crippen molar-refractivity contribution in [3.63, 3.8) is 0 Å². The second kappa shape index (κ2) is 7.69. The van der Waals surface area contributed by atoms with Crippen molar-refractivity contribution in [2.24, 2.45) is 4.99 Å². The Hall–Kier alpha value is -2.23. The molecule has 0 bridgehead atoms. The van der Waals surface area contributed by atoms with E-state index in [1.165, 1.54) is 11.1 Å². The monoisotopic (exact) mass is 299 g/mol. The second-order valence-electron chi connectivity index (χ2n) is 5.41. The lowest BCUT2D eigenvalue weighted by Crippen LogP contribution is -2.36. The highest BCUT2D eigenvalue weighted by atomic mass is 16.3. The minimum Gasteiger partial charge on any atom is -0.466 e. The third-order valence-electron chi connectivity index (χ3n) is 3.60. The first-order valence-corrected chi connectivity index (χ1v) is 7.72. The first kappa shape index (κ1) is 16.1. The quantitative estimate of drug-likeness (QED) is 0.656. The van der Waals surface area contributed by atoms with Crippen molar-refractivity contribution in [3.05, 3.63) is 58.5 Å². The van der Waals surface area contributed by atoms with Gasteiger partial charge in [0.25, 0.3) is 0 Å². The summed E-state index contributed by atoms with van der Waals surface area (Å²) in [4.78, 5) is 4.64. The molecule has 0 unspecified atom stereocenters. The molecule has 0 aliphatic heterocycles. The van der Waals surface area contributed by atoms with Gasteiger partial charge >= 0.3 is 0 Å². The molecule has 0 atom stereocenters. The average Bonchev–Trinajstić information content (AvgIpc) is 2.81. The van der Waals surface area contributed by atoms with Crippen LogP contribution in [0.15, 0.2) is 39.7 Å². The van der Waals surface area contributed by atoms with E-state index in [-0.39, 0.29) is 0 Å². The minimum absolute atomic E-state index is 0.617. The summed E-state index contributed by atoms with van der Waals surface area (Å²) in [5.41, 5.74) is 3.70. The van der Waals surface area contributed by atoms with E-state index in [1.54, 1.807) is 0 Å². The van der Waals surface area contributed by atoms with Gasteiger partial charge in [-0.3, -0.25) is 0 Å². The van der Waals surface area contributed by atoms with Crippen LogP contribution in [-0.2, 0) is 13.1 Å². The van der Waals surface area contributed by atoms with Crippen LogP contribution in [0.1, 0.15) is 35.1 Å². The predicted octanol–water partition coefficient (Wildman–Crippen LogP) is 3.46. The van der Waals surface area contributed by atoms with Gasteiger partial charge in [0.15, 0.2) is 5.96 Å². The second-order valence-corrected chi connectivity index (χ2v) is 5.41. The summed E-state index contributed by atoms with van der Waals surface area (Å²) in [6.45, 7) is 10.3. The van der Waals surface area contributed by atoms with Crippen LogP contribution in [0, 0.1) is 20.8 Å². The molecule has 1 aromatic heterocycles. The fourth-order valence-electron chi connectivity index (χ4n) is 2.33. The number of benzene rings is 1. The van der Waals surface area contributed by atoms with Gasteiger partial charge in [0.2, 0.25) is 0 Å². The normalized spacial score (nSPS) is 11.5. The standard InChI is InChI=1S/C18H25N3O/c1-5-19-18(20-11-16-9-7-6-8-13(16)2)21-12-17-10-14(3)22-15(17)4/h6-10H,5,11-12H2,1-4H3,(H2,19,20,21). The Balaban J connectivity index is 2.01. The number of aliphatic imine (C=N–C) groups is 1. The highest BCUT2D eigenvalue weighted by Crippen LogP contribution is 2.14. The molecule has 1 heterocycles. The largest absolute Gasteiger partial charge is 0.466 e. The summed E-state index contributed by atoms with van der Waals surface area (Å²) in [5.74, 6) is 2.69. The smallest absolute Gasteiger partial charge is 0.191 e. The van der Waals surface area contributed by atoms with E-state index in [9.17, 15) is 0 Å². The zero-order chi connectivity index (χ0) is 15.9. The predicted molar refractivity (Wildman–Crippen MR) is 91.0 cm³/mol. The number of nitrogens with zero attached hydrogens (tertiary/aromatic N) is 1. The summed E-state index contributed by atoms with van der Waals surface area (Å²) in [6.07, 6.45) is 0. The molecule has 0 aliphatic rings. The van der Waals surface area contributed by atoms with Gasteiger partial charge in [0.05, 0.1) is 6.54 Å². The van der Waals surface area contributed by atoms with Crippen LogP contribution in [0.4, 0.5) is 0 Å². The molecular weight excluding hydrogens is 274 g/mol. The van der Waals surface area contributed by atoms with Gasteiger partial charge in [0.1, 0.15) is 11.5 Å². The Morgan fingerprint density at radius 2 is 1.86 bits per heavy atom. The number of nitrogens with one attached hydrogen (secondary N) is 2. The molecule has 0 radical (unpaired) electrons. The molecule has 0 amide bonds. The van der Waals surface area contributed by atoms with Crippen LogP contribution in [-0.4, -0.2) is 12.5 Å². The lowest BCUT2D eigenvalue weighted by Gasteiger charge is -2.12. The molecule has 4 heteroatoms. The number of hydrogen-bond donors (Lipinski definition) is 2. The SMILES string of the molecule is CCNC(=NCc1cc(C)oc1C)NCc1ccccc1C. The van der Waals surface area contributed by atoms with Crippen LogP contribution >= 0.6 is 0 Å². The van der Waals surface area contributed by atoms with E-state index < -0.39 is 0 Å². The number of aryl methyl sites for hydroxylation is 3. The van der Waals surface area contributed by atoms with Crippen molar-refractivity contribution in [2.75, 3.05) is 6.54 Å².